The van der Waals surface area contributed by atoms with E-state index in [0.29, 0.717) is 0 Å². The molecule has 0 saturated carbocycles. The average Bonchev–Trinajstić information content (AvgIpc) is 3.34. The summed E-state index contributed by atoms with van der Waals surface area (Å²) in [5.41, 5.74) is 2.34. The van der Waals surface area contributed by atoms with Crippen LogP contribution in [0.25, 0.3) is 5.69 Å². The molecule has 1 N–H and O–H groups in total. The number of carbonyl (C=O) groups excluding carboxylic acids is 1. The van der Waals surface area contributed by atoms with Crippen molar-refractivity contribution < 1.29 is 9.69 Å². The van der Waals surface area contributed by atoms with Crippen molar-refractivity contribution in [3.8, 4) is 5.69 Å². The van der Waals surface area contributed by atoms with E-state index in [2.05, 4.69) is 34.4 Å². The Hall–Kier alpha value is -2.22. The van der Waals surface area contributed by atoms with E-state index in [-0.39, 0.29) is 5.91 Å². The van der Waals surface area contributed by atoms with E-state index in [1.54, 1.807) is 0 Å². The van der Waals surface area contributed by atoms with Crippen molar-refractivity contribution in [2.45, 2.75) is 13.6 Å². The van der Waals surface area contributed by atoms with E-state index in [0.717, 1.165) is 48.2 Å². The van der Waals surface area contributed by atoms with Crippen molar-refractivity contribution >= 4 is 29.5 Å². The third-order valence-corrected chi connectivity index (χ3v) is 6.40. The normalized spacial score (nSPS) is 15.2. The zero-order valence-electron chi connectivity index (χ0n) is 15.3. The van der Waals surface area contributed by atoms with Crippen molar-refractivity contribution in [3.05, 3.63) is 69.4 Å². The molecule has 1 aliphatic rings. The summed E-state index contributed by atoms with van der Waals surface area (Å²) in [6.45, 7) is 6.39. The molecule has 140 valence electrons. The molecule has 5 nitrogen and oxygen atoms in total. The molecule has 0 spiro atoms. The molecule has 7 heteroatoms. The van der Waals surface area contributed by atoms with Crippen molar-refractivity contribution in [2.24, 2.45) is 0 Å². The van der Waals surface area contributed by atoms with Gasteiger partial charge in [0.25, 0.3) is 5.91 Å². The second kappa shape index (κ2) is 7.80. The van der Waals surface area contributed by atoms with Gasteiger partial charge in [-0.3, -0.25) is 13.9 Å². The van der Waals surface area contributed by atoms with Gasteiger partial charge < -0.3 is 9.80 Å². The van der Waals surface area contributed by atoms with Crippen LogP contribution in [-0.2, 0) is 6.67 Å². The first-order valence-corrected chi connectivity index (χ1v) is 10.4. The highest BCUT2D eigenvalue weighted by Gasteiger charge is 2.25. The highest BCUT2D eigenvalue weighted by molar-refractivity contribution is 7.71. The number of aromatic nitrogens is 2. The number of quaternary nitrogens is 1. The zero-order chi connectivity index (χ0) is 18.8. The van der Waals surface area contributed by atoms with Gasteiger partial charge in [-0.05, 0) is 42.2 Å². The van der Waals surface area contributed by atoms with E-state index in [1.165, 1.54) is 21.8 Å². The second-order valence-corrected chi connectivity index (χ2v) is 8.20. The minimum Gasteiger partial charge on any atom is -0.327 e. The molecule has 0 unspecified atom stereocenters. The van der Waals surface area contributed by atoms with Crippen LogP contribution >= 0.6 is 23.6 Å². The number of benzene rings is 1. The number of rotatable bonds is 4. The minimum absolute atomic E-state index is 0.159. The van der Waals surface area contributed by atoms with Gasteiger partial charge in [0.05, 0.1) is 36.7 Å². The van der Waals surface area contributed by atoms with Crippen molar-refractivity contribution in [3.63, 3.8) is 0 Å². The minimum atomic E-state index is 0.159. The third kappa shape index (κ3) is 3.76. The van der Waals surface area contributed by atoms with Gasteiger partial charge in [-0.1, -0.05) is 24.3 Å². The molecule has 1 fully saturated rings. The molecule has 3 aromatic rings. The quantitative estimate of drug-likeness (QED) is 0.684. The van der Waals surface area contributed by atoms with Gasteiger partial charge in [0.1, 0.15) is 0 Å². The Morgan fingerprint density at radius 2 is 1.93 bits per heavy atom. The number of nitrogens with one attached hydrogen (secondary N) is 1. The number of nitrogens with zero attached hydrogens (tertiary/aromatic N) is 3. The average molecular weight is 400 g/mol. The SMILES string of the molecule is Cc1ccccc1-n1ccn(C[NH+]2CCN(C(=O)c3cccs3)CC2)c1=S. The highest BCUT2D eigenvalue weighted by atomic mass is 32.1. The summed E-state index contributed by atoms with van der Waals surface area (Å²) in [6.07, 6.45) is 4.10. The summed E-state index contributed by atoms with van der Waals surface area (Å²) in [7, 11) is 0. The Bertz CT molecular complexity index is 982. The number of thiophene rings is 1. The van der Waals surface area contributed by atoms with Crippen LogP contribution in [0.5, 0.6) is 0 Å². The van der Waals surface area contributed by atoms with Crippen molar-refractivity contribution in [2.75, 3.05) is 26.2 Å². The first-order chi connectivity index (χ1) is 13.1. The number of hydrogen-bond acceptors (Lipinski definition) is 3. The fourth-order valence-corrected chi connectivity index (χ4v) is 4.51. The standard InChI is InChI=1S/C20H22N4OS2/c1-16-5-2-3-6-17(16)24-13-12-23(20(24)26)15-21-8-10-22(11-9-21)19(25)18-7-4-14-27-18/h2-7,12-14H,8-11,15H2,1H3/p+1. The fourth-order valence-electron chi connectivity index (χ4n) is 3.53. The molecule has 0 bridgehead atoms. The van der Waals surface area contributed by atoms with Gasteiger partial charge in [0.15, 0.2) is 11.4 Å². The lowest BCUT2D eigenvalue weighted by molar-refractivity contribution is -0.926. The van der Waals surface area contributed by atoms with E-state index < -0.39 is 0 Å². The molecule has 27 heavy (non-hydrogen) atoms. The molecular weight excluding hydrogens is 376 g/mol. The smallest absolute Gasteiger partial charge is 0.264 e. The number of carbonyl (C=O) groups is 1. The Balaban J connectivity index is 1.41. The van der Waals surface area contributed by atoms with Gasteiger partial charge in [-0.25, -0.2) is 0 Å². The van der Waals surface area contributed by atoms with E-state index >= 15 is 0 Å². The predicted octanol–water partition coefficient (Wildman–Crippen LogP) is 2.38. The Morgan fingerprint density at radius 1 is 1.15 bits per heavy atom. The number of imidazole rings is 1. The number of piperazine rings is 1. The van der Waals surface area contributed by atoms with Crippen LogP contribution in [0.3, 0.4) is 0 Å². The van der Waals surface area contributed by atoms with Crippen LogP contribution in [0.4, 0.5) is 0 Å². The highest BCUT2D eigenvalue weighted by Crippen LogP contribution is 2.14. The topological polar surface area (TPSA) is 34.6 Å². The Labute approximate surface area is 168 Å². The van der Waals surface area contributed by atoms with Crippen LogP contribution in [0.15, 0.2) is 54.2 Å². The third-order valence-electron chi connectivity index (χ3n) is 5.11. The van der Waals surface area contributed by atoms with Crippen LogP contribution in [-0.4, -0.2) is 46.1 Å². The number of aryl methyl sites for hydroxylation is 1. The lowest BCUT2D eigenvalue weighted by atomic mass is 10.2. The molecule has 2 aromatic heterocycles. The van der Waals surface area contributed by atoms with Gasteiger partial charge in [-0.15, -0.1) is 11.3 Å². The molecule has 4 rings (SSSR count). The maximum Gasteiger partial charge on any atom is 0.264 e. The molecule has 0 atom stereocenters. The van der Waals surface area contributed by atoms with Crippen LogP contribution in [0.1, 0.15) is 15.2 Å². The van der Waals surface area contributed by atoms with Gasteiger partial charge >= 0.3 is 0 Å². The zero-order valence-corrected chi connectivity index (χ0v) is 16.9. The summed E-state index contributed by atoms with van der Waals surface area (Å²) < 4.78 is 5.02. The Kier molecular flexibility index (Phi) is 5.24. The molecule has 0 radical (unpaired) electrons. The predicted molar refractivity (Wildman–Crippen MR) is 110 cm³/mol. The summed E-state index contributed by atoms with van der Waals surface area (Å²) in [4.78, 5) is 16.7. The number of hydrogen-bond donors (Lipinski definition) is 1. The maximum absolute atomic E-state index is 12.5. The first kappa shape index (κ1) is 18.2. The monoisotopic (exact) mass is 399 g/mol. The number of para-hydroxylation sites is 1. The van der Waals surface area contributed by atoms with Gasteiger partial charge in [-0.2, -0.15) is 0 Å². The van der Waals surface area contributed by atoms with Crippen LogP contribution in [0, 0.1) is 11.7 Å². The van der Waals surface area contributed by atoms with E-state index in [9.17, 15) is 4.79 Å². The molecule has 3 heterocycles. The summed E-state index contributed by atoms with van der Waals surface area (Å²) in [5.74, 6) is 0.159. The van der Waals surface area contributed by atoms with E-state index in [4.69, 9.17) is 12.2 Å². The molecular formula is C20H23N4OS2+. The van der Waals surface area contributed by atoms with Crippen LogP contribution in [0.2, 0.25) is 0 Å². The fraction of sp³-hybridized carbons (Fsp3) is 0.300. The second-order valence-electron chi connectivity index (χ2n) is 6.88. The number of amides is 1. The summed E-state index contributed by atoms with van der Waals surface area (Å²) in [6, 6.07) is 12.1. The molecule has 1 amide bonds. The lowest BCUT2D eigenvalue weighted by Crippen LogP contribution is -3.14. The summed E-state index contributed by atoms with van der Waals surface area (Å²) in [5, 5.41) is 1.95. The van der Waals surface area contributed by atoms with E-state index in [1.807, 2.05) is 40.7 Å². The van der Waals surface area contributed by atoms with Gasteiger partial charge in [0.2, 0.25) is 0 Å². The molecule has 1 saturated heterocycles. The van der Waals surface area contributed by atoms with Crippen molar-refractivity contribution in [1.82, 2.24) is 14.0 Å². The molecule has 1 aromatic carbocycles. The van der Waals surface area contributed by atoms with Gasteiger partial charge in [0, 0.05) is 12.4 Å². The lowest BCUT2D eigenvalue weighted by Gasteiger charge is -2.32. The van der Waals surface area contributed by atoms with Crippen molar-refractivity contribution in [1.29, 1.82) is 0 Å². The molecule has 0 aliphatic carbocycles. The Morgan fingerprint density at radius 3 is 2.63 bits per heavy atom. The first-order valence-electron chi connectivity index (χ1n) is 9.13. The largest absolute Gasteiger partial charge is 0.327 e. The summed E-state index contributed by atoms with van der Waals surface area (Å²) >= 11 is 7.22. The molecule has 1 aliphatic heterocycles. The van der Waals surface area contributed by atoms with Crippen LogP contribution < -0.4 is 4.90 Å². The maximum atomic E-state index is 12.5.